The molecule has 160 valence electrons. The zero-order valence-corrected chi connectivity index (χ0v) is 20.2. The van der Waals surface area contributed by atoms with E-state index in [1.165, 1.54) is 5.56 Å². The monoisotopic (exact) mass is 470 g/mol. The number of aromatic nitrogens is 4. The molecular weight excluding hydrogens is 448 g/mol. The van der Waals surface area contributed by atoms with Gasteiger partial charge in [-0.2, -0.15) is 0 Å². The number of halogens is 1. The number of thioether (sulfide) groups is 1. The first-order valence-electron chi connectivity index (χ1n) is 9.87. The van der Waals surface area contributed by atoms with E-state index in [1.807, 2.05) is 43.7 Å². The first-order valence-corrected chi connectivity index (χ1v) is 12.1. The molecule has 4 aromatic rings. The molecule has 0 amide bonds. The number of hydrogen-bond donors (Lipinski definition) is 0. The number of rotatable bonds is 7. The Morgan fingerprint density at radius 1 is 1.13 bits per heavy atom. The number of aryl methyl sites for hydroxylation is 2. The molecule has 2 aromatic heterocycles. The van der Waals surface area contributed by atoms with Gasteiger partial charge in [0.05, 0.1) is 5.69 Å². The molecule has 0 saturated carbocycles. The molecule has 4 rings (SSSR count). The number of thiazole rings is 1. The Hall–Kier alpha value is -2.35. The van der Waals surface area contributed by atoms with Gasteiger partial charge in [0, 0.05) is 28.8 Å². The third kappa shape index (κ3) is 5.11. The molecule has 5 nitrogen and oxygen atoms in total. The Morgan fingerprint density at radius 2 is 1.90 bits per heavy atom. The summed E-state index contributed by atoms with van der Waals surface area (Å²) in [4.78, 5) is 4.77. The lowest BCUT2D eigenvalue weighted by Crippen LogP contribution is -2.10. The molecule has 0 radical (unpaired) electrons. The normalized spacial score (nSPS) is 12.2. The van der Waals surface area contributed by atoms with Gasteiger partial charge in [0.2, 0.25) is 0 Å². The van der Waals surface area contributed by atoms with E-state index in [-0.39, 0.29) is 6.10 Å². The predicted molar refractivity (Wildman–Crippen MR) is 128 cm³/mol. The van der Waals surface area contributed by atoms with Crippen LogP contribution in [0.25, 0.3) is 10.6 Å². The Labute approximate surface area is 195 Å². The van der Waals surface area contributed by atoms with Crippen molar-refractivity contribution in [2.75, 3.05) is 0 Å². The van der Waals surface area contributed by atoms with Crippen LogP contribution in [0, 0.1) is 13.8 Å². The van der Waals surface area contributed by atoms with Crippen molar-refractivity contribution in [1.82, 2.24) is 19.7 Å². The molecule has 1 atom stereocenters. The van der Waals surface area contributed by atoms with Crippen LogP contribution in [0.2, 0.25) is 5.02 Å². The molecule has 0 bridgehead atoms. The van der Waals surface area contributed by atoms with Crippen LogP contribution in [0.15, 0.2) is 53.0 Å². The summed E-state index contributed by atoms with van der Waals surface area (Å²) in [5.74, 6) is 2.27. The van der Waals surface area contributed by atoms with Crippen LogP contribution in [0.3, 0.4) is 0 Å². The average Bonchev–Trinajstić information content (AvgIpc) is 3.36. The summed E-state index contributed by atoms with van der Waals surface area (Å²) >= 11 is 9.39. The van der Waals surface area contributed by atoms with E-state index >= 15 is 0 Å². The van der Waals surface area contributed by atoms with E-state index in [0.29, 0.717) is 0 Å². The quantitative estimate of drug-likeness (QED) is 0.283. The molecule has 2 heterocycles. The Kier molecular flexibility index (Phi) is 6.65. The van der Waals surface area contributed by atoms with Crippen LogP contribution >= 0.6 is 34.7 Å². The summed E-state index contributed by atoms with van der Waals surface area (Å²) in [6.07, 6.45) is -0.236. The van der Waals surface area contributed by atoms with Gasteiger partial charge in [-0.15, -0.1) is 21.5 Å². The third-order valence-corrected chi connectivity index (χ3v) is 7.29. The van der Waals surface area contributed by atoms with Crippen LogP contribution < -0.4 is 4.74 Å². The minimum Gasteiger partial charge on any atom is -0.483 e. The molecule has 0 aliphatic carbocycles. The smallest absolute Gasteiger partial charge is 0.191 e. The van der Waals surface area contributed by atoms with Crippen LogP contribution in [-0.4, -0.2) is 19.7 Å². The van der Waals surface area contributed by atoms with Crippen molar-refractivity contribution < 1.29 is 4.74 Å². The van der Waals surface area contributed by atoms with Gasteiger partial charge >= 0.3 is 0 Å². The van der Waals surface area contributed by atoms with Crippen molar-refractivity contribution in [2.24, 2.45) is 7.05 Å². The van der Waals surface area contributed by atoms with Crippen LogP contribution in [0.1, 0.15) is 35.7 Å². The van der Waals surface area contributed by atoms with Gasteiger partial charge in [-0.1, -0.05) is 53.2 Å². The van der Waals surface area contributed by atoms with E-state index in [4.69, 9.17) is 21.3 Å². The zero-order valence-electron chi connectivity index (χ0n) is 17.8. The molecular formula is C23H23ClN4OS2. The highest BCUT2D eigenvalue weighted by atomic mass is 35.5. The highest BCUT2D eigenvalue weighted by molar-refractivity contribution is 7.98. The van der Waals surface area contributed by atoms with Crippen molar-refractivity contribution in [3.05, 3.63) is 75.5 Å². The Balaban J connectivity index is 1.40. The van der Waals surface area contributed by atoms with Crippen molar-refractivity contribution >= 4 is 34.7 Å². The van der Waals surface area contributed by atoms with E-state index < -0.39 is 0 Å². The summed E-state index contributed by atoms with van der Waals surface area (Å²) in [7, 11) is 1.96. The van der Waals surface area contributed by atoms with Gasteiger partial charge in [0.1, 0.15) is 10.8 Å². The highest BCUT2D eigenvalue weighted by Crippen LogP contribution is 2.29. The molecule has 2 aromatic carbocycles. The molecule has 0 N–H and O–H groups in total. The minimum atomic E-state index is -0.236. The molecule has 0 saturated heterocycles. The SMILES string of the molecule is Cc1ccc(-c2nc(CSc3nnc(C(C)Oc4ccc(Cl)c(C)c4)n3C)cs2)cc1. The van der Waals surface area contributed by atoms with Gasteiger partial charge in [0.15, 0.2) is 17.1 Å². The maximum Gasteiger partial charge on any atom is 0.191 e. The topological polar surface area (TPSA) is 52.8 Å². The van der Waals surface area contributed by atoms with E-state index in [9.17, 15) is 0 Å². The molecule has 0 aliphatic heterocycles. The number of hydrogen-bond acceptors (Lipinski definition) is 6. The molecule has 8 heteroatoms. The summed E-state index contributed by atoms with van der Waals surface area (Å²) in [5.41, 5.74) is 4.42. The van der Waals surface area contributed by atoms with Crippen LogP contribution in [0.5, 0.6) is 5.75 Å². The molecule has 0 aliphatic rings. The van der Waals surface area contributed by atoms with E-state index in [2.05, 4.69) is 46.8 Å². The third-order valence-electron chi connectivity index (χ3n) is 4.87. The van der Waals surface area contributed by atoms with Crippen molar-refractivity contribution in [2.45, 2.75) is 37.8 Å². The lowest BCUT2D eigenvalue weighted by Gasteiger charge is -2.15. The predicted octanol–water partition coefficient (Wildman–Crippen LogP) is 6.64. The lowest BCUT2D eigenvalue weighted by atomic mass is 10.2. The summed E-state index contributed by atoms with van der Waals surface area (Å²) in [6.45, 7) is 6.02. The maximum atomic E-state index is 6.10. The number of ether oxygens (including phenoxy) is 1. The molecule has 0 fully saturated rings. The Bertz CT molecular complexity index is 1190. The van der Waals surface area contributed by atoms with E-state index in [0.717, 1.165) is 49.3 Å². The van der Waals surface area contributed by atoms with Gasteiger partial charge in [-0.25, -0.2) is 4.98 Å². The highest BCUT2D eigenvalue weighted by Gasteiger charge is 2.18. The number of benzene rings is 2. The van der Waals surface area contributed by atoms with Crippen molar-refractivity contribution in [3.63, 3.8) is 0 Å². The summed E-state index contributed by atoms with van der Waals surface area (Å²) in [6, 6.07) is 14.1. The summed E-state index contributed by atoms with van der Waals surface area (Å²) < 4.78 is 8.03. The first-order chi connectivity index (χ1) is 14.9. The van der Waals surface area contributed by atoms with Crippen molar-refractivity contribution in [3.8, 4) is 16.3 Å². The first kappa shape index (κ1) is 21.9. The fraction of sp³-hybridized carbons (Fsp3) is 0.261. The fourth-order valence-corrected chi connectivity index (χ4v) is 4.95. The average molecular weight is 471 g/mol. The Morgan fingerprint density at radius 3 is 2.65 bits per heavy atom. The van der Waals surface area contributed by atoms with E-state index in [1.54, 1.807) is 23.1 Å². The second kappa shape index (κ2) is 9.42. The standard InChI is InChI=1S/C23H23ClN4OS2/c1-14-5-7-17(8-6-14)22-25-18(12-30-22)13-31-23-27-26-21(28(23)4)16(3)29-19-9-10-20(24)15(2)11-19/h5-12,16H,13H2,1-4H3. The largest absolute Gasteiger partial charge is 0.483 e. The second-order valence-electron chi connectivity index (χ2n) is 7.37. The summed E-state index contributed by atoms with van der Waals surface area (Å²) in [5, 5.41) is 13.4. The molecule has 31 heavy (non-hydrogen) atoms. The van der Waals surface area contributed by atoms with Crippen LogP contribution in [-0.2, 0) is 12.8 Å². The minimum absolute atomic E-state index is 0.236. The lowest BCUT2D eigenvalue weighted by molar-refractivity contribution is 0.211. The van der Waals surface area contributed by atoms with Gasteiger partial charge in [-0.05, 0) is 44.5 Å². The number of nitrogens with zero attached hydrogens (tertiary/aromatic N) is 4. The van der Waals surface area contributed by atoms with Gasteiger partial charge in [0.25, 0.3) is 0 Å². The van der Waals surface area contributed by atoms with Crippen molar-refractivity contribution in [1.29, 1.82) is 0 Å². The maximum absolute atomic E-state index is 6.10. The molecule has 0 spiro atoms. The van der Waals surface area contributed by atoms with Gasteiger partial charge in [-0.3, -0.25) is 0 Å². The zero-order chi connectivity index (χ0) is 22.0. The van der Waals surface area contributed by atoms with Crippen LogP contribution in [0.4, 0.5) is 0 Å². The molecule has 1 unspecified atom stereocenters. The second-order valence-corrected chi connectivity index (χ2v) is 9.58. The fourth-order valence-electron chi connectivity index (χ4n) is 3.09. The van der Waals surface area contributed by atoms with Gasteiger partial charge < -0.3 is 9.30 Å².